The number of unbranched alkanes of at least 4 members (excludes halogenated alkanes) is 1. The lowest BCUT2D eigenvalue weighted by Gasteiger charge is -2.29. The molecule has 1 aliphatic rings. The first-order chi connectivity index (χ1) is 20.1. The quantitative estimate of drug-likeness (QED) is 0.139. The van der Waals surface area contributed by atoms with Crippen LogP contribution >= 0.6 is 11.8 Å². The second-order valence-corrected chi connectivity index (χ2v) is 10.7. The van der Waals surface area contributed by atoms with Crippen LogP contribution in [-0.4, -0.2) is 33.0 Å². The largest absolute Gasteiger partial charge is 0.492 e. The van der Waals surface area contributed by atoms with E-state index in [0.717, 1.165) is 41.2 Å². The van der Waals surface area contributed by atoms with Gasteiger partial charge in [-0.3, -0.25) is 4.79 Å². The van der Waals surface area contributed by atoms with Gasteiger partial charge in [-0.05, 0) is 55.7 Å². The van der Waals surface area contributed by atoms with E-state index in [9.17, 15) is 4.79 Å². The molecule has 1 atom stereocenters. The van der Waals surface area contributed by atoms with Crippen molar-refractivity contribution in [1.82, 2.24) is 14.8 Å². The van der Waals surface area contributed by atoms with Gasteiger partial charge >= 0.3 is 0 Å². The first-order valence-corrected chi connectivity index (χ1v) is 14.9. The van der Waals surface area contributed by atoms with Gasteiger partial charge in [-0.15, -0.1) is 5.10 Å². The van der Waals surface area contributed by atoms with Crippen LogP contribution in [0, 0.1) is 0 Å². The van der Waals surface area contributed by atoms with Crippen LogP contribution in [0.1, 0.15) is 50.8 Å². The highest BCUT2D eigenvalue weighted by Gasteiger charge is 2.34. The Balaban J connectivity index is 1.45. The summed E-state index contributed by atoms with van der Waals surface area (Å²) < 4.78 is 13.6. The van der Waals surface area contributed by atoms with Gasteiger partial charge in [0, 0.05) is 11.4 Å². The number of carbonyl (C=O) groups excluding carboxylic acids is 1. The van der Waals surface area contributed by atoms with Crippen molar-refractivity contribution in [2.45, 2.75) is 51.4 Å². The number of amides is 1. The Hall–Kier alpha value is -4.24. The molecule has 8 nitrogen and oxygen atoms in total. The van der Waals surface area contributed by atoms with Gasteiger partial charge in [-0.1, -0.05) is 79.7 Å². The summed E-state index contributed by atoms with van der Waals surface area (Å²) in [6, 6.07) is 24.9. The van der Waals surface area contributed by atoms with Crippen LogP contribution in [0.3, 0.4) is 0 Å². The summed E-state index contributed by atoms with van der Waals surface area (Å²) in [4.78, 5) is 18.7. The Kier molecular flexibility index (Phi) is 9.26. The van der Waals surface area contributed by atoms with Gasteiger partial charge in [0.2, 0.25) is 11.1 Å². The zero-order valence-electron chi connectivity index (χ0n) is 23.6. The second-order valence-electron chi connectivity index (χ2n) is 9.66. The van der Waals surface area contributed by atoms with Crippen molar-refractivity contribution in [3.8, 4) is 11.5 Å². The second kappa shape index (κ2) is 13.4. The molecule has 1 aliphatic heterocycles. The fourth-order valence-corrected chi connectivity index (χ4v) is 5.54. The Morgan fingerprint density at radius 2 is 1.76 bits per heavy atom. The maximum absolute atomic E-state index is 13.9. The van der Waals surface area contributed by atoms with E-state index in [0.29, 0.717) is 41.3 Å². The summed E-state index contributed by atoms with van der Waals surface area (Å²) >= 11 is 1.62. The monoisotopic (exact) mass is 569 g/mol. The fraction of sp³-hybridized carbons (Fsp3) is 0.281. The maximum Gasteiger partial charge on any atom is 0.255 e. The van der Waals surface area contributed by atoms with E-state index in [1.165, 1.54) is 0 Å². The molecule has 0 saturated heterocycles. The molecule has 4 aromatic rings. The number of thioether (sulfide) groups is 1. The number of aromatic nitrogens is 3. The lowest BCUT2D eigenvalue weighted by Crippen LogP contribution is -2.31. The van der Waals surface area contributed by atoms with E-state index in [4.69, 9.17) is 19.6 Å². The van der Waals surface area contributed by atoms with Crippen molar-refractivity contribution in [2.24, 2.45) is 0 Å². The topological polar surface area (TPSA) is 90.3 Å². The normalized spacial score (nSPS) is 14.3. The minimum atomic E-state index is -0.485. The lowest BCUT2D eigenvalue weighted by molar-refractivity contribution is -0.113. The third-order valence-electron chi connectivity index (χ3n) is 6.69. The molecule has 1 amide bonds. The molecule has 9 heteroatoms. The molecular formula is C32H35N5O3S. The van der Waals surface area contributed by atoms with Crippen LogP contribution < -0.4 is 20.1 Å². The first-order valence-electron chi connectivity index (χ1n) is 13.9. The van der Waals surface area contributed by atoms with Gasteiger partial charge < -0.3 is 20.1 Å². The standard InChI is InChI=1S/C32H35N5O3S/c1-4-6-20-41-32-35-31-33-22(3)28(30(38)34-26-14-10-11-15-27(26)39-5-2)29(37(31)36-32)24-16-18-25(19-17-24)40-21-23-12-8-7-9-13-23/h7-19,29H,4-6,20-21H2,1-3H3,(H,34,38)(H,33,35,36). The Labute approximate surface area is 245 Å². The van der Waals surface area contributed by atoms with E-state index in [1.807, 2.05) is 97.4 Å². The summed E-state index contributed by atoms with van der Waals surface area (Å²) in [6.07, 6.45) is 2.19. The number of allylic oxidation sites excluding steroid dienone is 1. The highest BCUT2D eigenvalue weighted by molar-refractivity contribution is 7.99. The van der Waals surface area contributed by atoms with Crippen LogP contribution in [0.4, 0.5) is 11.6 Å². The number of fused-ring (bicyclic) bond motifs is 1. The number of anilines is 2. The van der Waals surface area contributed by atoms with Gasteiger partial charge in [0.25, 0.3) is 5.91 Å². The Bertz CT molecular complexity index is 1500. The zero-order valence-corrected chi connectivity index (χ0v) is 24.4. The summed E-state index contributed by atoms with van der Waals surface area (Å²) in [7, 11) is 0. The number of nitrogens with zero attached hydrogens (tertiary/aromatic N) is 3. The molecular weight excluding hydrogens is 534 g/mol. The minimum Gasteiger partial charge on any atom is -0.492 e. The van der Waals surface area contributed by atoms with Crippen molar-refractivity contribution in [2.75, 3.05) is 23.0 Å². The van der Waals surface area contributed by atoms with Crippen LogP contribution in [0.5, 0.6) is 11.5 Å². The molecule has 1 unspecified atom stereocenters. The van der Waals surface area contributed by atoms with Crippen molar-refractivity contribution < 1.29 is 14.3 Å². The molecule has 2 N–H and O–H groups in total. The predicted molar refractivity (Wildman–Crippen MR) is 164 cm³/mol. The molecule has 0 bridgehead atoms. The number of ether oxygens (including phenoxy) is 2. The van der Waals surface area contributed by atoms with Crippen molar-refractivity contribution in [1.29, 1.82) is 0 Å². The van der Waals surface area contributed by atoms with Crippen LogP contribution in [0.25, 0.3) is 0 Å². The molecule has 3 aromatic carbocycles. The summed E-state index contributed by atoms with van der Waals surface area (Å²) in [5.74, 6) is 2.68. The smallest absolute Gasteiger partial charge is 0.255 e. The highest BCUT2D eigenvalue weighted by atomic mass is 32.2. The van der Waals surface area contributed by atoms with Gasteiger partial charge in [-0.2, -0.15) is 4.98 Å². The number of para-hydroxylation sites is 2. The van der Waals surface area contributed by atoms with Crippen molar-refractivity contribution in [3.05, 3.63) is 101 Å². The van der Waals surface area contributed by atoms with E-state index in [-0.39, 0.29) is 5.91 Å². The van der Waals surface area contributed by atoms with Crippen LogP contribution in [0.15, 0.2) is 95.3 Å². The number of hydrogen-bond acceptors (Lipinski definition) is 7. The lowest BCUT2D eigenvalue weighted by atomic mass is 9.95. The Morgan fingerprint density at radius 1 is 1.00 bits per heavy atom. The van der Waals surface area contributed by atoms with E-state index in [1.54, 1.807) is 11.8 Å². The summed E-state index contributed by atoms with van der Waals surface area (Å²) in [5, 5.41) is 11.9. The van der Waals surface area contributed by atoms with E-state index < -0.39 is 6.04 Å². The van der Waals surface area contributed by atoms with Gasteiger partial charge in [0.05, 0.1) is 17.9 Å². The van der Waals surface area contributed by atoms with E-state index >= 15 is 0 Å². The highest BCUT2D eigenvalue weighted by Crippen LogP contribution is 2.38. The minimum absolute atomic E-state index is 0.238. The maximum atomic E-state index is 13.9. The van der Waals surface area contributed by atoms with Crippen LogP contribution in [0.2, 0.25) is 0 Å². The average molecular weight is 570 g/mol. The number of rotatable bonds is 12. The fourth-order valence-electron chi connectivity index (χ4n) is 4.63. The third kappa shape index (κ3) is 6.74. The predicted octanol–water partition coefficient (Wildman–Crippen LogP) is 7.08. The summed E-state index contributed by atoms with van der Waals surface area (Å²) in [6.45, 7) is 6.96. The molecule has 0 aliphatic carbocycles. The molecule has 5 rings (SSSR count). The molecule has 0 spiro atoms. The molecule has 1 aromatic heterocycles. The van der Waals surface area contributed by atoms with Gasteiger partial charge in [0.1, 0.15) is 24.1 Å². The number of nitrogens with one attached hydrogen (secondary N) is 2. The Morgan fingerprint density at radius 3 is 2.51 bits per heavy atom. The molecule has 2 heterocycles. The van der Waals surface area contributed by atoms with Crippen LogP contribution in [-0.2, 0) is 11.4 Å². The number of carbonyl (C=O) groups is 1. The molecule has 212 valence electrons. The number of benzene rings is 3. The average Bonchev–Trinajstić information content (AvgIpc) is 3.39. The van der Waals surface area contributed by atoms with Crippen molar-refractivity contribution in [3.63, 3.8) is 0 Å². The van der Waals surface area contributed by atoms with E-state index in [2.05, 4.69) is 17.6 Å². The first kappa shape index (κ1) is 28.3. The molecule has 0 saturated carbocycles. The molecule has 0 radical (unpaired) electrons. The SMILES string of the molecule is CCCCSc1nc2n(n1)C(c1ccc(OCc3ccccc3)cc1)C(C(=O)Nc1ccccc1OCC)=C(C)N2. The van der Waals surface area contributed by atoms with Gasteiger partial charge in [-0.25, -0.2) is 4.68 Å². The van der Waals surface area contributed by atoms with Gasteiger partial charge in [0.15, 0.2) is 0 Å². The zero-order chi connectivity index (χ0) is 28.6. The molecule has 0 fully saturated rings. The number of hydrogen-bond donors (Lipinski definition) is 2. The summed E-state index contributed by atoms with van der Waals surface area (Å²) in [5.41, 5.74) is 3.88. The third-order valence-corrected chi connectivity index (χ3v) is 7.61. The van der Waals surface area contributed by atoms with Crippen molar-refractivity contribution >= 4 is 29.3 Å². The molecule has 41 heavy (non-hydrogen) atoms.